The van der Waals surface area contributed by atoms with E-state index < -0.39 is 21.8 Å². The highest BCUT2D eigenvalue weighted by atomic mass is 32.2. The van der Waals surface area contributed by atoms with Crippen molar-refractivity contribution >= 4 is 38.6 Å². The smallest absolute Gasteiger partial charge is 0.269 e. The standard InChI is InChI=1S/C20H16N6O5S/c1-11-16-17(20(28)26(19(16)27)18-12(9-21)10-22-24-18)14-8-13(2-3-15(14)23-11)32(29,30)25-4-6-31-7-5-25/h2-3,8,10H,4-7H2,1H3,(H,22,24). The third-order valence-corrected chi connectivity index (χ3v) is 7.44. The third-order valence-electron chi connectivity index (χ3n) is 5.54. The van der Waals surface area contributed by atoms with E-state index in [1.165, 1.54) is 28.7 Å². The third kappa shape index (κ3) is 2.83. The van der Waals surface area contributed by atoms with Gasteiger partial charge in [-0.2, -0.15) is 14.7 Å². The molecule has 2 aliphatic heterocycles. The average molecular weight is 452 g/mol. The van der Waals surface area contributed by atoms with Crippen LogP contribution in [0.3, 0.4) is 0 Å². The molecule has 1 aromatic carbocycles. The molecule has 2 aromatic heterocycles. The van der Waals surface area contributed by atoms with Gasteiger partial charge in [0.1, 0.15) is 11.6 Å². The van der Waals surface area contributed by atoms with Crippen LogP contribution in [-0.4, -0.2) is 66.0 Å². The van der Waals surface area contributed by atoms with Gasteiger partial charge >= 0.3 is 0 Å². The van der Waals surface area contributed by atoms with E-state index >= 15 is 0 Å². The first-order valence-corrected chi connectivity index (χ1v) is 11.1. The van der Waals surface area contributed by atoms with Crippen LogP contribution in [0.15, 0.2) is 29.3 Å². The van der Waals surface area contributed by atoms with E-state index in [0.717, 1.165) is 4.90 Å². The lowest BCUT2D eigenvalue weighted by Crippen LogP contribution is -2.40. The summed E-state index contributed by atoms with van der Waals surface area (Å²) in [5.74, 6) is -1.37. The summed E-state index contributed by atoms with van der Waals surface area (Å²) < 4.78 is 32.8. The van der Waals surface area contributed by atoms with E-state index in [-0.39, 0.29) is 45.9 Å². The fourth-order valence-corrected chi connectivity index (χ4v) is 5.43. The van der Waals surface area contributed by atoms with Gasteiger partial charge in [0.25, 0.3) is 11.8 Å². The molecule has 0 spiro atoms. The Labute approximate surface area is 182 Å². The molecule has 0 atom stereocenters. The molecule has 3 aromatic rings. The molecule has 0 aliphatic carbocycles. The van der Waals surface area contributed by atoms with Crippen molar-refractivity contribution in [2.75, 3.05) is 31.2 Å². The lowest BCUT2D eigenvalue weighted by atomic mass is 10.0. The number of aryl methyl sites for hydroxylation is 1. The first kappa shape index (κ1) is 20.3. The number of nitrogens with one attached hydrogen (secondary N) is 1. The summed E-state index contributed by atoms with van der Waals surface area (Å²) in [7, 11) is -3.82. The minimum absolute atomic E-state index is 0.00212. The van der Waals surface area contributed by atoms with E-state index in [2.05, 4.69) is 15.2 Å². The van der Waals surface area contributed by atoms with Crippen molar-refractivity contribution in [3.63, 3.8) is 0 Å². The molecule has 11 nitrogen and oxygen atoms in total. The van der Waals surface area contributed by atoms with E-state index in [0.29, 0.717) is 24.4 Å². The number of carbonyl (C=O) groups is 2. The van der Waals surface area contributed by atoms with Gasteiger partial charge in [-0.05, 0) is 25.1 Å². The second-order valence-electron chi connectivity index (χ2n) is 7.33. The van der Waals surface area contributed by atoms with Gasteiger partial charge in [0.2, 0.25) is 10.0 Å². The lowest BCUT2D eigenvalue weighted by molar-refractivity contribution is 0.0730. The number of rotatable bonds is 3. The molecule has 1 saturated heterocycles. The van der Waals surface area contributed by atoms with Crippen LogP contribution in [0.4, 0.5) is 5.82 Å². The molecule has 1 N–H and O–H groups in total. The normalized spacial score (nSPS) is 17.1. The number of sulfonamides is 1. The maximum atomic E-state index is 13.3. The second kappa shape index (κ2) is 7.20. The van der Waals surface area contributed by atoms with Crippen molar-refractivity contribution in [3.8, 4) is 6.07 Å². The number of morpholine rings is 1. The molecule has 4 heterocycles. The van der Waals surface area contributed by atoms with E-state index in [4.69, 9.17) is 4.74 Å². The fraction of sp³-hybridized carbons (Fsp3) is 0.250. The van der Waals surface area contributed by atoms with Crippen LogP contribution in [-0.2, 0) is 14.8 Å². The largest absolute Gasteiger partial charge is 0.379 e. The summed E-state index contributed by atoms with van der Waals surface area (Å²) in [6.07, 6.45) is 1.22. The van der Waals surface area contributed by atoms with Crippen molar-refractivity contribution in [1.82, 2.24) is 19.5 Å². The SMILES string of the molecule is Cc1nc2ccc(S(=O)(=O)N3CCOCC3)cc2c2c1C(=O)N(c1[nH]ncc1C#N)C2=O. The number of amides is 2. The van der Waals surface area contributed by atoms with Crippen LogP contribution >= 0.6 is 0 Å². The van der Waals surface area contributed by atoms with Crippen LogP contribution in [0, 0.1) is 18.3 Å². The Kier molecular flexibility index (Phi) is 4.55. The molecule has 5 rings (SSSR count). The van der Waals surface area contributed by atoms with Gasteiger partial charge in [-0.25, -0.2) is 13.3 Å². The number of aromatic nitrogens is 3. The van der Waals surface area contributed by atoms with Gasteiger partial charge in [-0.15, -0.1) is 0 Å². The molecule has 1 fully saturated rings. The van der Waals surface area contributed by atoms with Gasteiger partial charge in [0, 0.05) is 18.5 Å². The Morgan fingerprint density at radius 2 is 1.88 bits per heavy atom. The highest BCUT2D eigenvalue weighted by Gasteiger charge is 2.42. The number of ether oxygens (including phenoxy) is 1. The van der Waals surface area contributed by atoms with Crippen LogP contribution in [0.2, 0.25) is 0 Å². The van der Waals surface area contributed by atoms with E-state index in [9.17, 15) is 23.3 Å². The number of fused-ring (bicyclic) bond motifs is 3. The highest BCUT2D eigenvalue weighted by molar-refractivity contribution is 7.89. The summed E-state index contributed by atoms with van der Waals surface area (Å²) in [6, 6.07) is 6.22. The van der Waals surface area contributed by atoms with E-state index in [1.54, 1.807) is 6.92 Å². The number of hydrogen-bond donors (Lipinski definition) is 1. The predicted octanol–water partition coefficient (Wildman–Crippen LogP) is 0.959. The number of imide groups is 1. The Morgan fingerprint density at radius 3 is 2.59 bits per heavy atom. The minimum atomic E-state index is -3.82. The number of nitrogens with zero attached hydrogens (tertiary/aromatic N) is 5. The summed E-state index contributed by atoms with van der Waals surface area (Å²) in [4.78, 5) is 31.7. The van der Waals surface area contributed by atoms with Crippen LogP contribution in [0.1, 0.15) is 32.0 Å². The number of nitriles is 1. The Balaban J connectivity index is 1.69. The first-order chi connectivity index (χ1) is 15.3. The van der Waals surface area contributed by atoms with Gasteiger partial charge < -0.3 is 4.74 Å². The zero-order chi connectivity index (χ0) is 22.6. The van der Waals surface area contributed by atoms with Gasteiger partial charge in [0.15, 0.2) is 5.82 Å². The summed E-state index contributed by atoms with van der Waals surface area (Å²) in [5, 5.41) is 15.8. The zero-order valence-electron chi connectivity index (χ0n) is 16.8. The summed E-state index contributed by atoms with van der Waals surface area (Å²) in [5.41, 5.74) is 0.868. The second-order valence-corrected chi connectivity index (χ2v) is 9.27. The quantitative estimate of drug-likeness (QED) is 0.578. The molecule has 12 heteroatoms. The molecular formula is C20H16N6O5S. The van der Waals surface area contributed by atoms with Crippen molar-refractivity contribution in [2.24, 2.45) is 0 Å². The molecule has 0 bridgehead atoms. The Morgan fingerprint density at radius 1 is 1.16 bits per heavy atom. The molecule has 32 heavy (non-hydrogen) atoms. The monoisotopic (exact) mass is 452 g/mol. The van der Waals surface area contributed by atoms with Crippen LogP contribution < -0.4 is 4.90 Å². The fourth-order valence-electron chi connectivity index (χ4n) is 4.00. The Hall–Kier alpha value is -3.66. The van der Waals surface area contributed by atoms with Crippen molar-refractivity contribution in [2.45, 2.75) is 11.8 Å². The topological polar surface area (TPSA) is 149 Å². The maximum Gasteiger partial charge on any atom is 0.269 e. The molecule has 2 amide bonds. The molecule has 0 saturated carbocycles. The van der Waals surface area contributed by atoms with E-state index in [1.807, 2.05) is 6.07 Å². The number of anilines is 1. The summed E-state index contributed by atoms with van der Waals surface area (Å²) in [6.45, 7) is 2.66. The van der Waals surface area contributed by atoms with Crippen molar-refractivity contribution < 1.29 is 22.7 Å². The molecular weight excluding hydrogens is 436 g/mol. The number of carbonyl (C=O) groups excluding carboxylic acids is 2. The number of H-pyrrole nitrogens is 1. The molecule has 0 radical (unpaired) electrons. The lowest BCUT2D eigenvalue weighted by Gasteiger charge is -2.26. The van der Waals surface area contributed by atoms with Crippen LogP contribution in [0.25, 0.3) is 10.9 Å². The minimum Gasteiger partial charge on any atom is -0.379 e. The Bertz CT molecular complexity index is 1450. The predicted molar refractivity (Wildman–Crippen MR) is 111 cm³/mol. The van der Waals surface area contributed by atoms with Crippen molar-refractivity contribution in [3.05, 3.63) is 46.8 Å². The van der Waals surface area contributed by atoms with Crippen LogP contribution in [0.5, 0.6) is 0 Å². The average Bonchev–Trinajstić information content (AvgIpc) is 3.36. The molecule has 162 valence electrons. The number of aromatic amines is 1. The maximum absolute atomic E-state index is 13.3. The number of benzene rings is 1. The van der Waals surface area contributed by atoms with Gasteiger partial charge in [-0.3, -0.25) is 19.7 Å². The van der Waals surface area contributed by atoms with Gasteiger partial charge in [0.05, 0.1) is 46.6 Å². The summed E-state index contributed by atoms with van der Waals surface area (Å²) >= 11 is 0. The molecule has 0 unspecified atom stereocenters. The zero-order valence-corrected chi connectivity index (χ0v) is 17.6. The highest BCUT2D eigenvalue weighted by Crippen LogP contribution is 2.35. The van der Waals surface area contributed by atoms with Crippen molar-refractivity contribution in [1.29, 1.82) is 5.26 Å². The molecule has 2 aliphatic rings. The van der Waals surface area contributed by atoms with Gasteiger partial charge in [-0.1, -0.05) is 0 Å². The first-order valence-electron chi connectivity index (χ1n) is 9.69. The number of hydrogen-bond acceptors (Lipinski definition) is 8. The number of pyridine rings is 1.